The zero-order chi connectivity index (χ0) is 13.0. The van der Waals surface area contributed by atoms with Crippen molar-refractivity contribution in [2.45, 2.75) is 45.2 Å². The lowest BCUT2D eigenvalue weighted by molar-refractivity contribution is -0.121. The molecule has 100 valence electrons. The Morgan fingerprint density at radius 1 is 1.56 bits per heavy atom. The van der Waals surface area contributed by atoms with Crippen LogP contribution in [-0.2, 0) is 11.3 Å². The number of nitrogens with one attached hydrogen (secondary N) is 2. The van der Waals surface area contributed by atoms with Crippen molar-refractivity contribution in [2.24, 2.45) is 5.92 Å². The lowest BCUT2D eigenvalue weighted by atomic mass is 10.00. The van der Waals surface area contributed by atoms with Gasteiger partial charge in [0.1, 0.15) is 6.54 Å². The van der Waals surface area contributed by atoms with E-state index >= 15 is 0 Å². The number of aromatic nitrogens is 2. The molecule has 1 atom stereocenters. The van der Waals surface area contributed by atoms with Gasteiger partial charge in [0.2, 0.25) is 5.91 Å². The van der Waals surface area contributed by atoms with Crippen molar-refractivity contribution in [3.05, 3.63) is 12.4 Å². The predicted molar refractivity (Wildman–Crippen MR) is 71.3 cm³/mol. The van der Waals surface area contributed by atoms with E-state index in [0.717, 1.165) is 11.6 Å². The third kappa shape index (κ3) is 3.24. The molecule has 1 unspecified atom stereocenters. The number of hydrogen-bond acceptors (Lipinski definition) is 3. The van der Waals surface area contributed by atoms with Gasteiger partial charge in [0.25, 0.3) is 0 Å². The molecule has 5 nitrogen and oxygen atoms in total. The van der Waals surface area contributed by atoms with Crippen molar-refractivity contribution in [3.8, 4) is 0 Å². The molecule has 1 aliphatic carbocycles. The molecular formula is C13H22N4O. The van der Waals surface area contributed by atoms with Gasteiger partial charge in [-0.15, -0.1) is 0 Å². The van der Waals surface area contributed by atoms with Gasteiger partial charge in [-0.25, -0.2) is 0 Å². The molecular weight excluding hydrogens is 228 g/mol. The summed E-state index contributed by atoms with van der Waals surface area (Å²) >= 11 is 0. The summed E-state index contributed by atoms with van der Waals surface area (Å²) < 4.78 is 1.66. The second-order valence-corrected chi connectivity index (χ2v) is 5.08. The molecule has 0 saturated heterocycles. The maximum absolute atomic E-state index is 11.2. The molecule has 0 radical (unpaired) electrons. The van der Waals surface area contributed by atoms with Gasteiger partial charge in [-0.2, -0.15) is 5.10 Å². The minimum absolute atomic E-state index is 0.0338. The molecule has 18 heavy (non-hydrogen) atoms. The maximum atomic E-state index is 11.2. The second-order valence-electron chi connectivity index (χ2n) is 5.08. The highest BCUT2D eigenvalue weighted by atomic mass is 16.1. The van der Waals surface area contributed by atoms with E-state index in [4.69, 9.17) is 0 Å². The van der Waals surface area contributed by atoms with Gasteiger partial charge in [-0.3, -0.25) is 9.48 Å². The van der Waals surface area contributed by atoms with Gasteiger partial charge in [-0.05, 0) is 25.7 Å². The van der Waals surface area contributed by atoms with Crippen molar-refractivity contribution < 1.29 is 4.79 Å². The molecule has 0 aromatic carbocycles. The number of hydrogen-bond donors (Lipinski definition) is 2. The van der Waals surface area contributed by atoms with Gasteiger partial charge < -0.3 is 10.6 Å². The van der Waals surface area contributed by atoms with Crippen molar-refractivity contribution in [3.63, 3.8) is 0 Å². The fourth-order valence-corrected chi connectivity index (χ4v) is 2.59. The predicted octanol–water partition coefficient (Wildman–Crippen LogP) is 1.62. The number of carbonyl (C=O) groups excluding carboxylic acids is 1. The minimum atomic E-state index is -0.0338. The molecule has 1 aromatic rings. The summed E-state index contributed by atoms with van der Waals surface area (Å²) in [4.78, 5) is 11.2. The summed E-state index contributed by atoms with van der Waals surface area (Å²) in [6, 6.07) is 0.477. The van der Waals surface area contributed by atoms with Crippen LogP contribution in [0.1, 0.15) is 32.6 Å². The van der Waals surface area contributed by atoms with E-state index in [9.17, 15) is 4.79 Å². The number of carbonyl (C=O) groups is 1. The molecule has 2 rings (SSSR count). The number of anilines is 1. The normalized spacial score (nSPS) is 17.7. The summed E-state index contributed by atoms with van der Waals surface area (Å²) in [5.41, 5.74) is 0.998. The molecule has 2 N–H and O–H groups in total. The molecule has 0 bridgehead atoms. The van der Waals surface area contributed by atoms with E-state index in [1.54, 1.807) is 17.9 Å². The molecule has 1 saturated carbocycles. The zero-order valence-electron chi connectivity index (χ0n) is 11.1. The highest BCUT2D eigenvalue weighted by molar-refractivity contribution is 5.75. The van der Waals surface area contributed by atoms with E-state index in [0.29, 0.717) is 6.04 Å². The molecule has 0 spiro atoms. The smallest absolute Gasteiger partial charge is 0.241 e. The van der Waals surface area contributed by atoms with Crippen LogP contribution in [0.3, 0.4) is 0 Å². The van der Waals surface area contributed by atoms with Crippen LogP contribution in [0.4, 0.5) is 5.69 Å². The van der Waals surface area contributed by atoms with Crippen LogP contribution in [0.2, 0.25) is 0 Å². The molecule has 5 heteroatoms. The lowest BCUT2D eigenvalue weighted by Crippen LogP contribution is -2.24. The average Bonchev–Trinajstić information content (AvgIpc) is 3.00. The summed E-state index contributed by atoms with van der Waals surface area (Å²) in [6.07, 6.45) is 9.02. The second kappa shape index (κ2) is 5.89. The van der Waals surface area contributed by atoms with Crippen LogP contribution >= 0.6 is 0 Å². The van der Waals surface area contributed by atoms with Gasteiger partial charge in [-0.1, -0.05) is 12.8 Å². The summed E-state index contributed by atoms with van der Waals surface area (Å²) in [7, 11) is 1.63. The Morgan fingerprint density at radius 3 is 2.94 bits per heavy atom. The lowest BCUT2D eigenvalue weighted by Gasteiger charge is -2.20. The number of amides is 1. The number of likely N-dealkylation sites (N-methyl/N-ethyl adjacent to an activating group) is 1. The van der Waals surface area contributed by atoms with Crippen molar-refractivity contribution in [2.75, 3.05) is 12.4 Å². The standard InChI is InChI=1S/C13H22N4O/c1-10(11-5-3-4-6-11)16-12-7-15-17(8-12)9-13(18)14-2/h7-8,10-11,16H,3-6,9H2,1-2H3,(H,14,18). The topological polar surface area (TPSA) is 59.0 Å². The first-order valence-electron chi connectivity index (χ1n) is 6.68. The first-order chi connectivity index (χ1) is 8.69. The maximum Gasteiger partial charge on any atom is 0.241 e. The van der Waals surface area contributed by atoms with Gasteiger partial charge in [0.05, 0.1) is 11.9 Å². The summed E-state index contributed by atoms with van der Waals surface area (Å²) in [6.45, 7) is 2.50. The zero-order valence-corrected chi connectivity index (χ0v) is 11.1. The van der Waals surface area contributed by atoms with Crippen molar-refractivity contribution in [1.29, 1.82) is 0 Å². The fraction of sp³-hybridized carbons (Fsp3) is 0.692. The molecule has 1 aromatic heterocycles. The minimum Gasteiger partial charge on any atom is -0.380 e. The fourth-order valence-electron chi connectivity index (χ4n) is 2.59. The Morgan fingerprint density at radius 2 is 2.28 bits per heavy atom. The molecule has 1 heterocycles. The van der Waals surface area contributed by atoms with Crippen molar-refractivity contribution >= 4 is 11.6 Å². The Kier molecular flexibility index (Phi) is 4.23. The van der Waals surface area contributed by atoms with Crippen molar-refractivity contribution in [1.82, 2.24) is 15.1 Å². The first kappa shape index (κ1) is 12.9. The van der Waals surface area contributed by atoms with E-state index in [-0.39, 0.29) is 12.5 Å². The third-order valence-electron chi connectivity index (χ3n) is 3.72. The van der Waals surface area contributed by atoms with Gasteiger partial charge >= 0.3 is 0 Å². The molecule has 0 aliphatic heterocycles. The average molecular weight is 250 g/mol. The summed E-state index contributed by atoms with van der Waals surface area (Å²) in [5.74, 6) is 0.737. The van der Waals surface area contributed by atoms with Crippen LogP contribution in [0.25, 0.3) is 0 Å². The van der Waals surface area contributed by atoms with Crippen LogP contribution in [0, 0.1) is 5.92 Å². The van der Waals surface area contributed by atoms with Crippen LogP contribution < -0.4 is 10.6 Å². The molecule has 1 amide bonds. The largest absolute Gasteiger partial charge is 0.380 e. The molecule has 1 aliphatic rings. The van der Waals surface area contributed by atoms with E-state index in [1.165, 1.54) is 25.7 Å². The highest BCUT2D eigenvalue weighted by Gasteiger charge is 2.21. The van der Waals surface area contributed by atoms with Gasteiger partial charge in [0.15, 0.2) is 0 Å². The SMILES string of the molecule is CNC(=O)Cn1cc(NC(C)C2CCCC2)cn1. The summed E-state index contributed by atoms with van der Waals surface area (Å²) in [5, 5.41) is 10.2. The van der Waals surface area contributed by atoms with Gasteiger partial charge in [0, 0.05) is 19.3 Å². The Balaban J connectivity index is 1.87. The Hall–Kier alpha value is -1.52. The monoisotopic (exact) mass is 250 g/mol. The van der Waals surface area contributed by atoms with Crippen LogP contribution in [-0.4, -0.2) is 28.8 Å². The third-order valence-corrected chi connectivity index (χ3v) is 3.72. The quantitative estimate of drug-likeness (QED) is 0.835. The number of nitrogens with zero attached hydrogens (tertiary/aromatic N) is 2. The first-order valence-corrected chi connectivity index (χ1v) is 6.68. The Labute approximate surface area is 108 Å². The van der Waals surface area contributed by atoms with E-state index in [2.05, 4.69) is 22.7 Å². The van der Waals surface area contributed by atoms with Crippen LogP contribution in [0.5, 0.6) is 0 Å². The van der Waals surface area contributed by atoms with E-state index < -0.39 is 0 Å². The molecule has 1 fully saturated rings. The number of rotatable bonds is 5. The highest BCUT2D eigenvalue weighted by Crippen LogP contribution is 2.29. The van der Waals surface area contributed by atoms with Crippen LogP contribution in [0.15, 0.2) is 12.4 Å². The van der Waals surface area contributed by atoms with E-state index in [1.807, 2.05) is 6.20 Å². The Bertz CT molecular complexity index is 395.